The quantitative estimate of drug-likeness (QED) is 0.518. The largest absolute Gasteiger partial charge is 0.394 e. The number of aliphatic hydroxyl groups is 3. The van der Waals surface area contributed by atoms with Crippen molar-refractivity contribution in [1.82, 2.24) is 4.37 Å². The Morgan fingerprint density at radius 1 is 1.53 bits per heavy atom. The monoisotopic (exact) mass is 260 g/mol. The number of nitrogens with two attached hydrogens (primary N) is 1. The van der Waals surface area contributed by atoms with Crippen molar-refractivity contribution in [3.05, 3.63) is 16.6 Å². The minimum Gasteiger partial charge on any atom is -0.394 e. The molecular formula is C9H12N2O5S. The summed E-state index contributed by atoms with van der Waals surface area (Å²) < 4.78 is 9.09. The van der Waals surface area contributed by atoms with Gasteiger partial charge in [-0.25, -0.2) is 0 Å². The topological polar surface area (TPSA) is 126 Å². The molecule has 5 N–H and O–H groups in total. The number of nitrogens with zero attached hydrogens (tertiary/aromatic N) is 1. The highest BCUT2D eigenvalue weighted by Gasteiger charge is 2.43. The number of ether oxygens (including phenoxy) is 1. The van der Waals surface area contributed by atoms with E-state index in [9.17, 15) is 15.0 Å². The molecule has 1 fully saturated rings. The highest BCUT2D eigenvalue weighted by Crippen LogP contribution is 2.35. The number of aromatic nitrogens is 1. The number of hydrogen-bond donors (Lipinski definition) is 4. The van der Waals surface area contributed by atoms with E-state index in [0.29, 0.717) is 4.88 Å². The molecule has 1 saturated heterocycles. The number of carbonyl (C=O) groups excluding carboxylic acids is 1. The molecule has 1 aromatic rings. The maximum atomic E-state index is 10.9. The van der Waals surface area contributed by atoms with Crippen LogP contribution in [0.2, 0.25) is 0 Å². The Kier molecular flexibility index (Phi) is 3.40. The van der Waals surface area contributed by atoms with Crippen LogP contribution in [-0.4, -0.2) is 50.5 Å². The molecule has 0 bridgehead atoms. The van der Waals surface area contributed by atoms with E-state index in [1.807, 2.05) is 0 Å². The average Bonchev–Trinajstić information content (AvgIpc) is 2.87. The zero-order valence-electron chi connectivity index (χ0n) is 8.68. The van der Waals surface area contributed by atoms with E-state index in [1.165, 1.54) is 6.07 Å². The van der Waals surface area contributed by atoms with Gasteiger partial charge in [-0.15, -0.1) is 0 Å². The fraction of sp³-hybridized carbons (Fsp3) is 0.556. The summed E-state index contributed by atoms with van der Waals surface area (Å²) in [7, 11) is 0. The van der Waals surface area contributed by atoms with Gasteiger partial charge in [0.25, 0.3) is 5.91 Å². The average molecular weight is 260 g/mol. The summed E-state index contributed by atoms with van der Waals surface area (Å²) in [5.41, 5.74) is 5.14. The molecule has 94 valence electrons. The van der Waals surface area contributed by atoms with E-state index >= 15 is 0 Å². The fourth-order valence-corrected chi connectivity index (χ4v) is 2.48. The summed E-state index contributed by atoms with van der Waals surface area (Å²) in [5, 5.41) is 28.2. The second-order valence-corrected chi connectivity index (χ2v) is 4.57. The van der Waals surface area contributed by atoms with Crippen LogP contribution in [0.25, 0.3) is 0 Å². The summed E-state index contributed by atoms with van der Waals surface area (Å²) >= 11 is 0.965. The van der Waals surface area contributed by atoms with Crippen LogP contribution in [-0.2, 0) is 4.74 Å². The van der Waals surface area contributed by atoms with E-state index < -0.39 is 36.9 Å². The SMILES string of the molecule is NC(=O)c1cc([C@@H]2O[C@H](CO)[C@@H](O)[C@H]2O)sn1. The molecule has 0 radical (unpaired) electrons. The lowest BCUT2D eigenvalue weighted by molar-refractivity contribution is -0.0218. The van der Waals surface area contributed by atoms with E-state index in [1.54, 1.807) is 0 Å². The number of amides is 1. The van der Waals surface area contributed by atoms with Gasteiger partial charge in [0.1, 0.15) is 30.1 Å². The van der Waals surface area contributed by atoms with Crippen molar-refractivity contribution in [2.45, 2.75) is 24.4 Å². The Morgan fingerprint density at radius 2 is 2.24 bits per heavy atom. The van der Waals surface area contributed by atoms with E-state index in [-0.39, 0.29) is 5.69 Å². The Labute approximate surface area is 101 Å². The third-order valence-electron chi connectivity index (χ3n) is 2.60. The molecule has 7 nitrogen and oxygen atoms in total. The van der Waals surface area contributed by atoms with E-state index in [2.05, 4.69) is 4.37 Å². The van der Waals surface area contributed by atoms with Gasteiger partial charge in [-0.2, -0.15) is 4.37 Å². The molecule has 4 atom stereocenters. The Bertz CT molecular complexity index is 423. The van der Waals surface area contributed by atoms with Crippen LogP contribution >= 0.6 is 11.5 Å². The molecule has 0 spiro atoms. The summed E-state index contributed by atoms with van der Waals surface area (Å²) in [6, 6.07) is 1.41. The Hall–Kier alpha value is -1.06. The van der Waals surface area contributed by atoms with Crippen molar-refractivity contribution < 1.29 is 24.9 Å². The second kappa shape index (κ2) is 4.67. The summed E-state index contributed by atoms with van der Waals surface area (Å²) in [4.78, 5) is 11.4. The number of rotatable bonds is 3. The molecule has 0 unspecified atom stereocenters. The molecule has 0 saturated carbocycles. The van der Waals surface area contributed by atoms with Gasteiger partial charge in [0, 0.05) is 0 Å². The molecule has 1 aliphatic heterocycles. The van der Waals surface area contributed by atoms with Gasteiger partial charge in [-0.3, -0.25) is 4.79 Å². The van der Waals surface area contributed by atoms with Crippen molar-refractivity contribution in [3.63, 3.8) is 0 Å². The van der Waals surface area contributed by atoms with Crippen LogP contribution in [0.5, 0.6) is 0 Å². The normalized spacial score (nSPS) is 32.9. The second-order valence-electron chi connectivity index (χ2n) is 3.74. The molecule has 1 aromatic heterocycles. The summed E-state index contributed by atoms with van der Waals surface area (Å²) in [6.07, 6.45) is -3.96. The maximum Gasteiger partial charge on any atom is 0.268 e. The number of hydrogen-bond acceptors (Lipinski definition) is 7. The molecule has 0 aromatic carbocycles. The molecule has 0 aliphatic carbocycles. The van der Waals surface area contributed by atoms with E-state index in [0.717, 1.165) is 11.5 Å². The van der Waals surface area contributed by atoms with Crippen LogP contribution in [0.1, 0.15) is 21.5 Å². The number of primary amides is 1. The zero-order valence-corrected chi connectivity index (χ0v) is 9.50. The lowest BCUT2D eigenvalue weighted by Crippen LogP contribution is -2.32. The molecule has 17 heavy (non-hydrogen) atoms. The van der Waals surface area contributed by atoms with Gasteiger partial charge >= 0.3 is 0 Å². The van der Waals surface area contributed by atoms with Crippen LogP contribution < -0.4 is 5.73 Å². The lowest BCUT2D eigenvalue weighted by Gasteiger charge is -2.11. The van der Waals surface area contributed by atoms with Gasteiger partial charge in [0.15, 0.2) is 0 Å². The smallest absolute Gasteiger partial charge is 0.268 e. The van der Waals surface area contributed by atoms with Gasteiger partial charge < -0.3 is 25.8 Å². The Morgan fingerprint density at radius 3 is 2.71 bits per heavy atom. The highest BCUT2D eigenvalue weighted by atomic mass is 32.1. The third-order valence-corrected chi connectivity index (χ3v) is 3.45. The lowest BCUT2D eigenvalue weighted by atomic mass is 10.1. The first-order valence-electron chi connectivity index (χ1n) is 4.93. The molecule has 8 heteroatoms. The predicted octanol–water partition coefficient (Wildman–Crippen LogP) is -1.60. The zero-order chi connectivity index (χ0) is 12.6. The standard InChI is InChI=1S/C9H12N2O5S/c10-9(15)3-1-5(17-11-3)8-7(14)6(13)4(2-12)16-8/h1,4,6-8,12-14H,2H2,(H2,10,15)/t4-,6-,7-,8+/m1/s1. The van der Waals surface area contributed by atoms with Crippen molar-refractivity contribution in [1.29, 1.82) is 0 Å². The molecule has 1 aliphatic rings. The molecular weight excluding hydrogens is 248 g/mol. The van der Waals surface area contributed by atoms with Crippen LogP contribution in [0.4, 0.5) is 0 Å². The third kappa shape index (κ3) is 2.17. The van der Waals surface area contributed by atoms with Crippen LogP contribution in [0, 0.1) is 0 Å². The van der Waals surface area contributed by atoms with Gasteiger partial charge in [-0.05, 0) is 17.6 Å². The van der Waals surface area contributed by atoms with Crippen molar-refractivity contribution in [2.75, 3.05) is 6.61 Å². The van der Waals surface area contributed by atoms with Crippen molar-refractivity contribution in [3.8, 4) is 0 Å². The maximum absolute atomic E-state index is 10.9. The Balaban J connectivity index is 2.19. The van der Waals surface area contributed by atoms with Crippen molar-refractivity contribution >= 4 is 17.4 Å². The van der Waals surface area contributed by atoms with Gasteiger partial charge in [0.2, 0.25) is 0 Å². The summed E-state index contributed by atoms with van der Waals surface area (Å²) in [5.74, 6) is -0.667. The van der Waals surface area contributed by atoms with Gasteiger partial charge in [-0.1, -0.05) is 0 Å². The summed E-state index contributed by atoms with van der Waals surface area (Å²) in [6.45, 7) is -0.393. The van der Waals surface area contributed by atoms with Gasteiger partial charge in [0.05, 0.1) is 11.5 Å². The minimum absolute atomic E-state index is 0.0859. The fourth-order valence-electron chi connectivity index (χ4n) is 1.67. The highest BCUT2D eigenvalue weighted by molar-refractivity contribution is 7.06. The molecule has 1 amide bonds. The number of aliphatic hydroxyl groups excluding tert-OH is 3. The number of carbonyl (C=O) groups is 1. The van der Waals surface area contributed by atoms with Crippen molar-refractivity contribution in [2.24, 2.45) is 5.73 Å². The minimum atomic E-state index is -1.16. The van der Waals surface area contributed by atoms with E-state index in [4.69, 9.17) is 15.6 Å². The molecule has 2 heterocycles. The first-order valence-corrected chi connectivity index (χ1v) is 5.70. The molecule has 2 rings (SSSR count). The first-order chi connectivity index (χ1) is 8.04. The first kappa shape index (κ1) is 12.4. The van der Waals surface area contributed by atoms with Crippen LogP contribution in [0.15, 0.2) is 6.07 Å². The van der Waals surface area contributed by atoms with Crippen LogP contribution in [0.3, 0.4) is 0 Å². The predicted molar refractivity (Wildman–Crippen MR) is 57.3 cm³/mol.